The average molecular weight is 546 g/mol. The van der Waals surface area contributed by atoms with Crippen molar-refractivity contribution in [2.75, 3.05) is 17.5 Å². The van der Waals surface area contributed by atoms with Crippen LogP contribution in [-0.2, 0) is 16.2 Å². The summed E-state index contributed by atoms with van der Waals surface area (Å²) in [6, 6.07) is 12.6. The lowest BCUT2D eigenvalue weighted by molar-refractivity contribution is -0.137. The molecule has 1 aliphatic rings. The van der Waals surface area contributed by atoms with Gasteiger partial charge in [0.05, 0.1) is 22.7 Å². The molecule has 5 nitrogen and oxygen atoms in total. The number of alkyl halides is 5. The number of benzene rings is 3. The van der Waals surface area contributed by atoms with E-state index >= 15 is 0 Å². The fourth-order valence-corrected chi connectivity index (χ4v) is 5.36. The SMILES string of the molecule is O=S(=O)(c1cccc(OC(F)F)c1)N1CCOc2ccc(/C=C/c3c(Cl)cccc3C(F)(F)F)cc21. The van der Waals surface area contributed by atoms with Crippen LogP contribution in [0.1, 0.15) is 16.7 Å². The van der Waals surface area contributed by atoms with Crippen molar-refractivity contribution in [1.29, 1.82) is 0 Å². The summed E-state index contributed by atoms with van der Waals surface area (Å²) >= 11 is 6.00. The summed E-state index contributed by atoms with van der Waals surface area (Å²) in [7, 11) is -4.22. The van der Waals surface area contributed by atoms with Crippen LogP contribution in [0.2, 0.25) is 5.02 Å². The molecule has 1 heterocycles. The predicted octanol–water partition coefficient (Wildman–Crippen LogP) is 6.72. The van der Waals surface area contributed by atoms with Gasteiger partial charge in [0, 0.05) is 16.7 Å². The molecule has 1 aliphatic heterocycles. The van der Waals surface area contributed by atoms with Crippen LogP contribution in [0.15, 0.2) is 65.6 Å². The van der Waals surface area contributed by atoms with Gasteiger partial charge in [0.2, 0.25) is 0 Å². The Balaban J connectivity index is 1.71. The second kappa shape index (κ2) is 9.98. The van der Waals surface area contributed by atoms with E-state index in [1.165, 1.54) is 54.6 Å². The zero-order chi connectivity index (χ0) is 26.1. The molecule has 0 saturated heterocycles. The molecular formula is C24H17ClF5NO4S. The molecule has 0 unspecified atom stereocenters. The number of nitrogens with zero attached hydrogens (tertiary/aromatic N) is 1. The molecule has 0 radical (unpaired) electrons. The van der Waals surface area contributed by atoms with Gasteiger partial charge in [0.15, 0.2) is 0 Å². The van der Waals surface area contributed by atoms with E-state index < -0.39 is 28.4 Å². The summed E-state index contributed by atoms with van der Waals surface area (Å²) in [5, 5.41) is -0.0996. The summed E-state index contributed by atoms with van der Waals surface area (Å²) in [6.07, 6.45) is -2.06. The summed E-state index contributed by atoms with van der Waals surface area (Å²) < 4.78 is 103. The molecule has 0 N–H and O–H groups in total. The maximum atomic E-state index is 13.4. The average Bonchev–Trinajstić information content (AvgIpc) is 2.81. The number of ether oxygens (including phenoxy) is 2. The Morgan fingerprint density at radius 1 is 1.03 bits per heavy atom. The van der Waals surface area contributed by atoms with Crippen molar-refractivity contribution in [3.63, 3.8) is 0 Å². The highest BCUT2D eigenvalue weighted by Gasteiger charge is 2.34. The molecule has 190 valence electrons. The molecule has 0 aromatic heterocycles. The fourth-order valence-electron chi connectivity index (χ4n) is 3.63. The van der Waals surface area contributed by atoms with Gasteiger partial charge in [-0.25, -0.2) is 8.42 Å². The van der Waals surface area contributed by atoms with E-state index in [4.69, 9.17) is 16.3 Å². The Morgan fingerprint density at radius 3 is 2.50 bits per heavy atom. The third kappa shape index (κ3) is 5.41. The normalized spacial score (nSPS) is 14.1. The monoisotopic (exact) mass is 545 g/mol. The van der Waals surface area contributed by atoms with Crippen LogP contribution in [0.5, 0.6) is 11.5 Å². The summed E-state index contributed by atoms with van der Waals surface area (Å²) in [6.45, 7) is -3.17. The minimum atomic E-state index is -4.62. The number of rotatable bonds is 6. The third-order valence-electron chi connectivity index (χ3n) is 5.22. The molecule has 3 aromatic rings. The minimum Gasteiger partial charge on any atom is -0.489 e. The Hall–Kier alpha value is -3.31. The van der Waals surface area contributed by atoms with Crippen molar-refractivity contribution in [2.45, 2.75) is 17.7 Å². The van der Waals surface area contributed by atoms with E-state index in [0.717, 1.165) is 16.4 Å². The first kappa shape index (κ1) is 25.8. The molecule has 3 aromatic carbocycles. The van der Waals surface area contributed by atoms with E-state index in [9.17, 15) is 30.4 Å². The van der Waals surface area contributed by atoms with Crippen LogP contribution in [0, 0.1) is 0 Å². The lowest BCUT2D eigenvalue weighted by atomic mass is 10.0. The first-order chi connectivity index (χ1) is 17.0. The molecule has 0 saturated carbocycles. The van der Waals surface area contributed by atoms with Crippen molar-refractivity contribution in [1.82, 2.24) is 0 Å². The van der Waals surface area contributed by atoms with E-state index in [1.54, 1.807) is 6.07 Å². The number of fused-ring (bicyclic) bond motifs is 1. The number of sulfonamides is 1. The first-order valence-electron chi connectivity index (χ1n) is 10.3. The number of hydrogen-bond donors (Lipinski definition) is 0. The highest BCUT2D eigenvalue weighted by molar-refractivity contribution is 7.92. The Kier molecular flexibility index (Phi) is 7.14. The van der Waals surface area contributed by atoms with E-state index in [2.05, 4.69) is 4.74 Å². The van der Waals surface area contributed by atoms with Crippen molar-refractivity contribution < 1.29 is 39.8 Å². The van der Waals surface area contributed by atoms with Gasteiger partial charge in [0.25, 0.3) is 10.0 Å². The zero-order valence-electron chi connectivity index (χ0n) is 18.2. The summed E-state index contributed by atoms with van der Waals surface area (Å²) in [4.78, 5) is -0.277. The Labute approximate surface area is 208 Å². The number of halogens is 6. The van der Waals surface area contributed by atoms with Gasteiger partial charge < -0.3 is 9.47 Å². The van der Waals surface area contributed by atoms with Crippen LogP contribution >= 0.6 is 11.6 Å². The van der Waals surface area contributed by atoms with Gasteiger partial charge in [-0.1, -0.05) is 42.0 Å². The summed E-state index contributed by atoms with van der Waals surface area (Å²) in [5.74, 6) is -0.0906. The Bertz CT molecular complexity index is 1410. The lowest BCUT2D eigenvalue weighted by Gasteiger charge is -2.30. The van der Waals surface area contributed by atoms with E-state index in [1.807, 2.05) is 0 Å². The van der Waals surface area contributed by atoms with Gasteiger partial charge in [-0.05, 0) is 42.0 Å². The molecule has 0 fully saturated rings. The van der Waals surface area contributed by atoms with Gasteiger partial charge >= 0.3 is 12.8 Å². The quantitative estimate of drug-likeness (QED) is 0.255. The van der Waals surface area contributed by atoms with Gasteiger partial charge in [-0.15, -0.1) is 0 Å². The van der Waals surface area contributed by atoms with Gasteiger partial charge in [0.1, 0.15) is 18.1 Å². The standard InChI is InChI=1S/C24H17ClF5NO4S/c25-20-6-2-5-19(24(28,29)30)18(20)9-7-15-8-10-22-21(13-15)31(11-12-34-22)36(32,33)17-4-1-3-16(14-17)35-23(26)27/h1-10,13-14,23H,11-12H2/b9-7+. The molecule has 0 atom stereocenters. The molecule has 0 aliphatic carbocycles. The lowest BCUT2D eigenvalue weighted by Crippen LogP contribution is -2.38. The van der Waals surface area contributed by atoms with Crippen LogP contribution in [0.25, 0.3) is 12.2 Å². The van der Waals surface area contributed by atoms with Crippen molar-refractivity contribution in [3.05, 3.63) is 82.4 Å². The number of hydrogen-bond acceptors (Lipinski definition) is 4. The molecule has 12 heteroatoms. The second-order valence-corrected chi connectivity index (χ2v) is 9.81. The van der Waals surface area contributed by atoms with Gasteiger partial charge in [-0.2, -0.15) is 22.0 Å². The molecule has 36 heavy (non-hydrogen) atoms. The highest BCUT2D eigenvalue weighted by Crippen LogP contribution is 2.38. The fraction of sp³-hybridized carbons (Fsp3) is 0.167. The second-order valence-electron chi connectivity index (χ2n) is 7.54. The highest BCUT2D eigenvalue weighted by atomic mass is 35.5. The smallest absolute Gasteiger partial charge is 0.417 e. The summed E-state index contributed by atoms with van der Waals surface area (Å²) in [5.41, 5.74) is -0.635. The molecule has 0 bridgehead atoms. The van der Waals surface area contributed by atoms with Crippen molar-refractivity contribution >= 4 is 39.5 Å². The minimum absolute atomic E-state index is 0.0310. The topological polar surface area (TPSA) is 55.8 Å². The Morgan fingerprint density at radius 2 is 1.78 bits per heavy atom. The largest absolute Gasteiger partial charge is 0.489 e. The maximum Gasteiger partial charge on any atom is 0.417 e. The van der Waals surface area contributed by atoms with Gasteiger partial charge in [-0.3, -0.25) is 4.31 Å². The molecule has 4 rings (SSSR count). The van der Waals surface area contributed by atoms with Crippen molar-refractivity contribution in [3.8, 4) is 11.5 Å². The third-order valence-corrected chi connectivity index (χ3v) is 7.36. The van der Waals surface area contributed by atoms with Crippen LogP contribution in [0.3, 0.4) is 0 Å². The van der Waals surface area contributed by atoms with E-state index in [0.29, 0.717) is 5.56 Å². The molecule has 0 amide bonds. The zero-order valence-corrected chi connectivity index (χ0v) is 19.7. The predicted molar refractivity (Wildman–Crippen MR) is 125 cm³/mol. The van der Waals surface area contributed by atoms with Crippen LogP contribution < -0.4 is 13.8 Å². The molecule has 0 spiro atoms. The molecular weight excluding hydrogens is 529 g/mol. The van der Waals surface area contributed by atoms with Crippen LogP contribution in [0.4, 0.5) is 27.6 Å². The van der Waals surface area contributed by atoms with Crippen molar-refractivity contribution in [2.24, 2.45) is 0 Å². The van der Waals surface area contributed by atoms with Crippen LogP contribution in [-0.4, -0.2) is 28.2 Å². The van der Waals surface area contributed by atoms with E-state index in [-0.39, 0.29) is 45.8 Å². The first-order valence-corrected chi connectivity index (χ1v) is 12.2. The number of anilines is 1. The maximum absolute atomic E-state index is 13.4.